The van der Waals surface area contributed by atoms with Crippen LogP contribution >= 0.6 is 0 Å². The van der Waals surface area contributed by atoms with Crippen LogP contribution in [0.1, 0.15) is 25.0 Å². The summed E-state index contributed by atoms with van der Waals surface area (Å²) in [4.78, 5) is 25.7. The van der Waals surface area contributed by atoms with E-state index >= 15 is 0 Å². The van der Waals surface area contributed by atoms with Crippen LogP contribution in [0.3, 0.4) is 0 Å². The summed E-state index contributed by atoms with van der Waals surface area (Å²) in [5.41, 5.74) is 26.1. The summed E-state index contributed by atoms with van der Waals surface area (Å²) in [6, 6.07) is 134. The van der Waals surface area contributed by atoms with Crippen LogP contribution in [0, 0.1) is 49.1 Å². The molecule has 593 valence electrons. The maximum atomic E-state index is 5.99. The van der Waals surface area contributed by atoms with Gasteiger partial charge in [-0.05, 0) is 129 Å². The Bertz CT molecular complexity index is 5850. The number of anilines is 2. The zero-order valence-corrected chi connectivity index (χ0v) is 76.3. The number of para-hydroxylation sites is 1. The number of pyridine rings is 5. The van der Waals surface area contributed by atoms with Crippen LogP contribution in [0.5, 0.6) is 0 Å². The number of hydrogen-bond donors (Lipinski definition) is 0. The third kappa shape index (κ3) is 22.1. The zero-order chi connectivity index (χ0) is 76.8. The molecule has 118 heavy (non-hydrogen) atoms. The fourth-order valence-electron chi connectivity index (χ4n) is 13.5. The van der Waals surface area contributed by atoms with Gasteiger partial charge in [-0.25, -0.2) is 0 Å². The van der Waals surface area contributed by atoms with Crippen LogP contribution in [0.25, 0.3) is 127 Å². The van der Waals surface area contributed by atoms with Crippen molar-refractivity contribution in [3.8, 4) is 78.5 Å². The van der Waals surface area contributed by atoms with E-state index in [1.54, 1.807) is 18.6 Å². The van der Waals surface area contributed by atoms with Gasteiger partial charge in [0.2, 0.25) is 0 Å². The number of hydrogen-bond acceptors (Lipinski definition) is 9. The Morgan fingerprint density at radius 1 is 0.373 bits per heavy atom. The van der Waals surface area contributed by atoms with Crippen LogP contribution in [0.4, 0.5) is 11.4 Å². The normalized spacial score (nSPS) is 11.9. The molecule has 8 heterocycles. The third-order valence-electron chi connectivity index (χ3n) is 19.1. The van der Waals surface area contributed by atoms with E-state index in [4.69, 9.17) is 4.42 Å². The molecule has 0 atom stereocenters. The van der Waals surface area contributed by atoms with Crippen molar-refractivity contribution < 1.29 is 105 Å². The Kier molecular flexibility index (Phi) is 33.5. The monoisotopic (exact) mass is 2420 g/mol. The van der Waals surface area contributed by atoms with E-state index in [-0.39, 0.29) is 106 Å². The Labute approximate surface area is 758 Å². The zero-order valence-electron chi connectivity index (χ0n) is 64.3. The van der Waals surface area contributed by atoms with Crippen molar-refractivity contribution >= 4 is 54.9 Å². The van der Waals surface area contributed by atoms with Gasteiger partial charge in [-0.1, -0.05) is 200 Å². The van der Waals surface area contributed by atoms with E-state index in [0.29, 0.717) is 0 Å². The molecule has 12 aromatic carbocycles. The SMILES string of the molecule is CC1(C)c2ccccc2-c2c[c-]c(N3C=CC[N-]3)cc21.CN1C=CN(c2[c-]ccc3c2oc2ccccc23)[CH-]1.[Ir].[Ir].[Ir].[Ir].[Ir].[c-]1ccc(-c2ccccc2)cc1-c1ccccn1.[c-]1ccccc1-c1ccccn1.[c-]1ccccc1-c1ccccn1.[c-]1ccccc1-c1nccc2ccccc12.[c-]1ccccc1-c1nccc2ccccc12. The van der Waals surface area contributed by atoms with Gasteiger partial charge in [-0.2, -0.15) is 37.0 Å². The number of aromatic nitrogens is 5. The van der Waals surface area contributed by atoms with Gasteiger partial charge in [0, 0.05) is 142 Å². The number of rotatable bonds is 8. The molecule has 10 nitrogen and oxygen atoms in total. The van der Waals surface area contributed by atoms with E-state index in [0.717, 1.165) is 96.1 Å². The van der Waals surface area contributed by atoms with Crippen LogP contribution < -0.4 is 9.91 Å². The molecule has 21 rings (SSSR count). The molecule has 18 aromatic rings. The van der Waals surface area contributed by atoms with E-state index in [9.17, 15) is 0 Å². The van der Waals surface area contributed by atoms with Gasteiger partial charge in [0.1, 0.15) is 5.58 Å². The summed E-state index contributed by atoms with van der Waals surface area (Å²) >= 11 is 0. The van der Waals surface area contributed by atoms with E-state index in [2.05, 4.69) is 184 Å². The van der Waals surface area contributed by atoms with Gasteiger partial charge in [-0.15, -0.1) is 203 Å². The van der Waals surface area contributed by atoms with Crippen molar-refractivity contribution in [3.63, 3.8) is 0 Å². The molecule has 0 bridgehead atoms. The predicted molar refractivity (Wildman–Crippen MR) is 462 cm³/mol. The topological polar surface area (TPSA) is 101 Å². The van der Waals surface area contributed by atoms with Crippen LogP contribution in [0.15, 0.2) is 394 Å². The minimum Gasteiger partial charge on any atom is -0.562 e. The van der Waals surface area contributed by atoms with Crippen molar-refractivity contribution in [2.75, 3.05) is 23.5 Å². The molecule has 15 heteroatoms. The van der Waals surface area contributed by atoms with Crippen molar-refractivity contribution in [2.45, 2.75) is 19.3 Å². The minimum absolute atomic E-state index is 0. The molecule has 0 amide bonds. The molecule has 1 aliphatic carbocycles. The first-order valence-electron chi connectivity index (χ1n) is 37.3. The van der Waals surface area contributed by atoms with Crippen molar-refractivity contribution in [1.82, 2.24) is 29.8 Å². The third-order valence-corrected chi connectivity index (χ3v) is 19.1. The first-order chi connectivity index (χ1) is 55.8. The molecule has 0 saturated heterocycles. The average molecular weight is 2420 g/mol. The fraction of sp³-hybridized carbons (Fsp3) is 0.0485. The first kappa shape index (κ1) is 89.1. The quantitative estimate of drug-likeness (QED) is 0.138. The van der Waals surface area contributed by atoms with Gasteiger partial charge in [0.15, 0.2) is 0 Å². The maximum Gasteiger partial charge on any atom is 0.116 e. The number of benzene rings is 12. The Morgan fingerprint density at radius 2 is 0.864 bits per heavy atom. The molecule has 0 unspecified atom stereocenters. The van der Waals surface area contributed by atoms with Gasteiger partial charge < -0.3 is 49.6 Å². The molecule has 0 N–H and O–H groups in total. The Hall–Kier alpha value is -11.2. The van der Waals surface area contributed by atoms with Gasteiger partial charge in [0.25, 0.3) is 0 Å². The minimum atomic E-state index is 0. The molecular formula is C103H76Ir5N9O-9. The molecule has 0 spiro atoms. The number of nitrogens with zero attached hydrogens (tertiary/aromatic N) is 9. The smallest absolute Gasteiger partial charge is 0.116 e. The van der Waals surface area contributed by atoms with E-state index in [1.807, 2.05) is 302 Å². The molecular weight excluding hydrogens is 2340 g/mol. The molecule has 0 fully saturated rings. The molecule has 2 aliphatic heterocycles. The van der Waals surface area contributed by atoms with Crippen LogP contribution in [-0.2, 0) is 106 Å². The summed E-state index contributed by atoms with van der Waals surface area (Å²) in [5.74, 6) is 0. The Morgan fingerprint density at radius 3 is 1.39 bits per heavy atom. The molecule has 0 saturated carbocycles. The van der Waals surface area contributed by atoms with Crippen LogP contribution in [0.2, 0.25) is 0 Å². The second kappa shape index (κ2) is 44.4. The van der Waals surface area contributed by atoms with Crippen molar-refractivity contribution in [3.05, 3.63) is 455 Å². The van der Waals surface area contributed by atoms with Crippen LogP contribution in [-0.4, -0.2) is 43.4 Å². The second-order valence-electron chi connectivity index (χ2n) is 26.9. The maximum absolute atomic E-state index is 5.99. The van der Waals surface area contributed by atoms with Gasteiger partial charge in [0.05, 0.1) is 0 Å². The summed E-state index contributed by atoms with van der Waals surface area (Å²) < 4.78 is 5.99. The van der Waals surface area contributed by atoms with E-state index in [1.165, 1.54) is 54.9 Å². The predicted octanol–water partition coefficient (Wildman–Crippen LogP) is 24.8. The number of furan rings is 1. The number of fused-ring (bicyclic) bond motifs is 8. The average Bonchev–Trinajstić information content (AvgIpc) is 1.55. The summed E-state index contributed by atoms with van der Waals surface area (Å²) in [7, 11) is 2.00. The second-order valence-corrected chi connectivity index (χ2v) is 26.9. The molecule has 5 radical (unpaired) electrons. The van der Waals surface area contributed by atoms with Crippen molar-refractivity contribution in [1.29, 1.82) is 0 Å². The summed E-state index contributed by atoms with van der Waals surface area (Å²) in [6.45, 7) is 7.34. The fourth-order valence-corrected chi connectivity index (χ4v) is 13.5. The van der Waals surface area contributed by atoms with E-state index < -0.39 is 0 Å². The van der Waals surface area contributed by atoms with Crippen molar-refractivity contribution in [2.24, 2.45) is 0 Å². The molecule has 3 aliphatic rings. The molecule has 6 aromatic heterocycles. The summed E-state index contributed by atoms with van der Waals surface area (Å²) in [5, 5.41) is 8.96. The van der Waals surface area contributed by atoms with Gasteiger partial charge >= 0.3 is 0 Å². The summed E-state index contributed by atoms with van der Waals surface area (Å²) in [6.07, 6.45) is 17.1. The largest absolute Gasteiger partial charge is 0.562 e. The standard InChI is InChI=1S/C18H16N2.C17H12N.C16H12N2O.2C15H10N.2C11H8N.5Ir/c1-18(2)16-7-4-3-6-14(16)15-9-8-13(12-17(15)18)20-11-5-10-19-20;1-2-7-14(8-3-1)15-9-6-10-16(13-15)17-11-4-5-12-18-17;1-17-9-10-18(11-17)14-7-4-6-13-12-5-2-3-8-15(12)19-16(13)14;2*1-2-7-13(8-3-1)15-14-9-5-4-6-12(14)10-11-16-15;2*1-2-6-10(7-3-1)11-8-4-5-9-12-11;;;;;/h3-7,9,11-12H,10H2,1-2H3;1-9,11-13H;2-6,8-11H,1H3;2*1-7,9-11H;2*1-6,8-9H;;;;;/q-2;-1;-2;4*-1;;;;;. The Balaban J connectivity index is 0.000000145. The first-order valence-corrected chi connectivity index (χ1v) is 37.3. The van der Waals surface area contributed by atoms with Gasteiger partial charge in [-0.3, -0.25) is 0 Å².